The molecule has 0 spiro atoms. The van der Waals surface area contributed by atoms with Gasteiger partial charge in [-0.3, -0.25) is 9.20 Å². The summed E-state index contributed by atoms with van der Waals surface area (Å²) in [6, 6.07) is 2.69. The molecule has 0 aliphatic heterocycles. The molecule has 0 fully saturated rings. The second-order valence-corrected chi connectivity index (χ2v) is 6.20. The van der Waals surface area contributed by atoms with Crippen molar-refractivity contribution in [1.29, 1.82) is 0 Å². The first kappa shape index (κ1) is 17.3. The zero-order valence-corrected chi connectivity index (χ0v) is 14.2. The van der Waals surface area contributed by atoms with Gasteiger partial charge in [0.15, 0.2) is 21.9 Å². The predicted molar refractivity (Wildman–Crippen MR) is 87.9 cm³/mol. The average molecular weight is 386 g/mol. The molecular formula is C15H10ClF2N3O3S. The van der Waals surface area contributed by atoms with Crippen LogP contribution >= 0.6 is 22.9 Å². The molecule has 0 aliphatic carbocycles. The minimum absolute atomic E-state index is 0.00877. The Kier molecular flexibility index (Phi) is 4.69. The third kappa shape index (κ3) is 3.47. The number of hydrogen-bond donors (Lipinski definition) is 1. The number of amides is 1. The third-order valence-corrected chi connectivity index (χ3v) is 4.28. The van der Waals surface area contributed by atoms with E-state index in [1.807, 2.05) is 0 Å². The molecule has 2 aromatic heterocycles. The number of esters is 1. The van der Waals surface area contributed by atoms with Gasteiger partial charge in [0.1, 0.15) is 11.6 Å². The number of imidazole rings is 1. The number of fused-ring (bicyclic) bond motifs is 1. The van der Waals surface area contributed by atoms with Crippen LogP contribution in [0, 0.1) is 11.6 Å². The lowest BCUT2D eigenvalue weighted by Crippen LogP contribution is -2.30. The summed E-state index contributed by atoms with van der Waals surface area (Å²) in [5.74, 6) is -3.34. The van der Waals surface area contributed by atoms with Crippen LogP contribution < -0.4 is 5.32 Å². The lowest BCUT2D eigenvalue weighted by Gasteiger charge is -2.13. The van der Waals surface area contributed by atoms with Gasteiger partial charge in [0.25, 0.3) is 5.91 Å². The summed E-state index contributed by atoms with van der Waals surface area (Å²) >= 11 is 7.20. The molecule has 10 heteroatoms. The number of halogens is 3. The third-order valence-electron chi connectivity index (χ3n) is 3.25. The van der Waals surface area contributed by atoms with Crippen molar-refractivity contribution in [2.75, 3.05) is 5.32 Å². The first-order valence-corrected chi connectivity index (χ1v) is 8.20. The van der Waals surface area contributed by atoms with Gasteiger partial charge in [-0.05, 0) is 19.1 Å². The molecule has 6 nitrogen and oxygen atoms in total. The highest BCUT2D eigenvalue weighted by atomic mass is 35.5. The highest BCUT2D eigenvalue weighted by molar-refractivity contribution is 7.15. The number of ether oxygens (including phenoxy) is 1. The maximum absolute atomic E-state index is 13.6. The fraction of sp³-hybridized carbons (Fsp3) is 0.133. The summed E-state index contributed by atoms with van der Waals surface area (Å²) in [7, 11) is 0. The van der Waals surface area contributed by atoms with Crippen LogP contribution in [-0.2, 0) is 9.53 Å². The summed E-state index contributed by atoms with van der Waals surface area (Å²) < 4.78 is 32.9. The molecule has 1 amide bonds. The fourth-order valence-corrected chi connectivity index (χ4v) is 3.05. The van der Waals surface area contributed by atoms with E-state index < -0.39 is 29.6 Å². The lowest BCUT2D eigenvalue weighted by molar-refractivity contribution is -0.123. The Hall–Kier alpha value is -2.52. The minimum atomic E-state index is -1.24. The molecule has 0 saturated carbocycles. The molecule has 25 heavy (non-hydrogen) atoms. The van der Waals surface area contributed by atoms with Crippen molar-refractivity contribution in [3.63, 3.8) is 0 Å². The summed E-state index contributed by atoms with van der Waals surface area (Å²) in [6.45, 7) is 1.31. The van der Waals surface area contributed by atoms with Gasteiger partial charge in [-0.25, -0.2) is 18.6 Å². The molecule has 0 saturated heterocycles. The van der Waals surface area contributed by atoms with Crippen molar-refractivity contribution in [3.05, 3.63) is 52.3 Å². The Morgan fingerprint density at radius 2 is 2.16 bits per heavy atom. The highest BCUT2D eigenvalue weighted by Crippen LogP contribution is 2.22. The van der Waals surface area contributed by atoms with Crippen molar-refractivity contribution in [1.82, 2.24) is 9.38 Å². The molecule has 1 N–H and O–H groups in total. The lowest BCUT2D eigenvalue weighted by atomic mass is 10.2. The van der Waals surface area contributed by atoms with Crippen LogP contribution in [-0.4, -0.2) is 27.4 Å². The average Bonchev–Trinajstić information content (AvgIpc) is 3.09. The molecule has 0 radical (unpaired) electrons. The number of rotatable bonds is 4. The molecule has 1 atom stereocenters. The monoisotopic (exact) mass is 385 g/mol. The second-order valence-electron chi connectivity index (χ2n) is 4.97. The number of anilines is 1. The van der Waals surface area contributed by atoms with Crippen LogP contribution in [0.25, 0.3) is 4.96 Å². The van der Waals surface area contributed by atoms with E-state index in [1.165, 1.54) is 22.7 Å². The number of nitrogens with one attached hydrogen (secondary N) is 1. The van der Waals surface area contributed by atoms with Crippen LogP contribution in [0.3, 0.4) is 0 Å². The van der Waals surface area contributed by atoms with Gasteiger partial charge in [0.05, 0.1) is 5.69 Å². The number of thiazole rings is 1. The van der Waals surface area contributed by atoms with E-state index in [1.54, 1.807) is 11.6 Å². The highest BCUT2D eigenvalue weighted by Gasteiger charge is 2.25. The number of carbonyl (C=O) groups is 2. The van der Waals surface area contributed by atoms with Crippen LogP contribution in [0.15, 0.2) is 29.8 Å². The van der Waals surface area contributed by atoms with E-state index in [2.05, 4.69) is 10.3 Å². The number of carbonyl (C=O) groups excluding carboxylic acids is 2. The molecule has 0 unspecified atom stereocenters. The van der Waals surface area contributed by atoms with Crippen LogP contribution in [0.5, 0.6) is 0 Å². The molecule has 1 aromatic carbocycles. The topological polar surface area (TPSA) is 72.7 Å². The summed E-state index contributed by atoms with van der Waals surface area (Å²) in [6.07, 6.45) is 0.353. The van der Waals surface area contributed by atoms with Gasteiger partial charge >= 0.3 is 5.97 Å². The summed E-state index contributed by atoms with van der Waals surface area (Å²) in [5.41, 5.74) is -0.234. The molecule has 0 bridgehead atoms. The number of aromatic nitrogens is 2. The van der Waals surface area contributed by atoms with E-state index in [4.69, 9.17) is 16.3 Å². The first-order chi connectivity index (χ1) is 11.9. The van der Waals surface area contributed by atoms with Gasteiger partial charge in [0, 0.05) is 17.6 Å². The van der Waals surface area contributed by atoms with Crippen LogP contribution in [0.2, 0.25) is 5.15 Å². The molecule has 3 aromatic rings. The van der Waals surface area contributed by atoms with Crippen molar-refractivity contribution in [3.8, 4) is 0 Å². The zero-order valence-electron chi connectivity index (χ0n) is 12.6. The smallest absolute Gasteiger partial charge is 0.359 e. The Morgan fingerprint density at radius 1 is 1.40 bits per heavy atom. The van der Waals surface area contributed by atoms with E-state index in [0.29, 0.717) is 11.0 Å². The Balaban J connectivity index is 1.71. The van der Waals surface area contributed by atoms with E-state index in [-0.39, 0.29) is 16.5 Å². The maximum atomic E-state index is 13.6. The molecule has 0 aliphatic rings. The van der Waals surface area contributed by atoms with Gasteiger partial charge in [-0.1, -0.05) is 11.6 Å². The normalized spacial score (nSPS) is 12.2. The predicted octanol–water partition coefficient (Wildman–Crippen LogP) is 3.51. The zero-order chi connectivity index (χ0) is 18.1. The molecule has 2 heterocycles. The number of hydrogen-bond acceptors (Lipinski definition) is 5. The summed E-state index contributed by atoms with van der Waals surface area (Å²) in [4.78, 5) is 28.8. The summed E-state index contributed by atoms with van der Waals surface area (Å²) in [5, 5.41) is 3.89. The van der Waals surface area contributed by atoms with Crippen molar-refractivity contribution in [2.45, 2.75) is 13.0 Å². The maximum Gasteiger partial charge on any atom is 0.359 e. The fourth-order valence-electron chi connectivity index (χ4n) is 2.04. The van der Waals surface area contributed by atoms with E-state index in [0.717, 1.165) is 12.1 Å². The minimum Gasteiger partial charge on any atom is -0.448 e. The second kappa shape index (κ2) is 6.77. The van der Waals surface area contributed by atoms with Gasteiger partial charge < -0.3 is 10.1 Å². The Labute approximate surface area is 149 Å². The van der Waals surface area contributed by atoms with Crippen molar-refractivity contribution in [2.24, 2.45) is 0 Å². The molecule has 3 rings (SSSR count). The van der Waals surface area contributed by atoms with Crippen molar-refractivity contribution < 1.29 is 23.1 Å². The van der Waals surface area contributed by atoms with E-state index >= 15 is 0 Å². The Bertz CT molecular complexity index is 972. The Morgan fingerprint density at radius 3 is 2.88 bits per heavy atom. The van der Waals surface area contributed by atoms with E-state index in [9.17, 15) is 18.4 Å². The SMILES string of the molecule is C[C@@H](OC(=O)c1c(Cl)nc2sccn12)C(=O)Nc1ccc(F)cc1F. The van der Waals surface area contributed by atoms with Crippen molar-refractivity contribution >= 4 is 45.5 Å². The first-order valence-electron chi connectivity index (χ1n) is 6.94. The molecular weight excluding hydrogens is 376 g/mol. The molecule has 130 valence electrons. The van der Waals surface area contributed by atoms with Gasteiger partial charge in [-0.2, -0.15) is 0 Å². The number of nitrogens with zero attached hydrogens (tertiary/aromatic N) is 2. The standard InChI is InChI=1S/C15H10ClF2N3O3S/c1-7(13(22)19-10-3-2-8(17)6-9(10)18)24-14(23)11-12(16)20-15-21(11)4-5-25-15/h2-7H,1H3,(H,19,22)/t7-/m1/s1. The number of benzene rings is 1. The quantitative estimate of drug-likeness (QED) is 0.697. The largest absolute Gasteiger partial charge is 0.448 e. The van der Waals surface area contributed by atoms with Gasteiger partial charge in [0.2, 0.25) is 0 Å². The van der Waals surface area contributed by atoms with Crippen LogP contribution in [0.4, 0.5) is 14.5 Å². The van der Waals surface area contributed by atoms with Gasteiger partial charge in [-0.15, -0.1) is 11.3 Å². The van der Waals surface area contributed by atoms with Crippen LogP contribution in [0.1, 0.15) is 17.4 Å².